The Morgan fingerprint density at radius 2 is 1.75 bits per heavy atom. The molecule has 2 amide bonds. The molecule has 1 N–H and O–H groups in total. The van der Waals surface area contributed by atoms with Gasteiger partial charge in [-0.15, -0.1) is 0 Å². The highest BCUT2D eigenvalue weighted by Crippen LogP contribution is 2.35. The zero-order chi connectivity index (χ0) is 20.3. The molecule has 7 nitrogen and oxygen atoms in total. The summed E-state index contributed by atoms with van der Waals surface area (Å²) in [6.07, 6.45) is 0.134. The van der Waals surface area contributed by atoms with Gasteiger partial charge >= 0.3 is 0 Å². The van der Waals surface area contributed by atoms with Gasteiger partial charge in [0.15, 0.2) is 0 Å². The Labute approximate surface area is 164 Å². The van der Waals surface area contributed by atoms with E-state index in [2.05, 4.69) is 5.32 Å². The summed E-state index contributed by atoms with van der Waals surface area (Å²) in [4.78, 5) is 27.0. The van der Waals surface area contributed by atoms with Crippen molar-refractivity contribution in [3.63, 3.8) is 0 Å². The van der Waals surface area contributed by atoms with Crippen molar-refractivity contribution in [3.8, 4) is 17.2 Å². The van der Waals surface area contributed by atoms with Crippen LogP contribution >= 0.6 is 0 Å². The van der Waals surface area contributed by atoms with Gasteiger partial charge in [-0.05, 0) is 36.8 Å². The van der Waals surface area contributed by atoms with Gasteiger partial charge in [-0.25, -0.2) is 0 Å². The van der Waals surface area contributed by atoms with E-state index in [1.807, 2.05) is 25.1 Å². The van der Waals surface area contributed by atoms with Crippen molar-refractivity contribution in [2.24, 2.45) is 5.92 Å². The minimum Gasteiger partial charge on any atom is -0.497 e. The summed E-state index contributed by atoms with van der Waals surface area (Å²) in [7, 11) is 4.65. The standard InChI is InChI=1S/C21H24N2O5/c1-13-5-7-19(28-4)17(9-13)23-12-14(10-20(23)24)21(25)22-16-11-15(26-2)6-8-18(16)27-3/h5-9,11,14H,10,12H2,1-4H3,(H,22,25)/t14-/m1/s1. The van der Waals surface area contributed by atoms with Gasteiger partial charge in [-0.2, -0.15) is 0 Å². The number of amides is 2. The van der Waals surface area contributed by atoms with Crippen LogP contribution in [0.15, 0.2) is 36.4 Å². The van der Waals surface area contributed by atoms with Gasteiger partial charge in [-0.1, -0.05) is 6.07 Å². The number of carbonyl (C=O) groups is 2. The fraction of sp³-hybridized carbons (Fsp3) is 0.333. The number of rotatable bonds is 6. The Morgan fingerprint density at radius 1 is 1.04 bits per heavy atom. The van der Waals surface area contributed by atoms with Crippen LogP contribution in [-0.4, -0.2) is 39.7 Å². The summed E-state index contributed by atoms with van der Waals surface area (Å²) in [5, 5.41) is 2.86. The molecule has 0 unspecified atom stereocenters. The Kier molecular flexibility index (Phi) is 5.73. The first kappa shape index (κ1) is 19.5. The molecule has 148 valence electrons. The van der Waals surface area contributed by atoms with Crippen LogP contribution in [0.5, 0.6) is 17.2 Å². The van der Waals surface area contributed by atoms with E-state index in [-0.39, 0.29) is 24.8 Å². The minimum absolute atomic E-state index is 0.110. The molecule has 1 heterocycles. The van der Waals surface area contributed by atoms with E-state index >= 15 is 0 Å². The van der Waals surface area contributed by atoms with Gasteiger partial charge in [0.05, 0.1) is 38.6 Å². The summed E-state index contributed by atoms with van der Waals surface area (Å²) in [6, 6.07) is 10.8. The summed E-state index contributed by atoms with van der Waals surface area (Å²) in [5.74, 6) is 0.902. The third-order valence-corrected chi connectivity index (χ3v) is 4.79. The highest BCUT2D eigenvalue weighted by Gasteiger charge is 2.36. The van der Waals surface area contributed by atoms with Crippen LogP contribution in [0.25, 0.3) is 0 Å². The van der Waals surface area contributed by atoms with E-state index in [0.717, 1.165) is 5.56 Å². The minimum atomic E-state index is -0.478. The lowest BCUT2D eigenvalue weighted by atomic mass is 10.1. The summed E-state index contributed by atoms with van der Waals surface area (Å²) < 4.78 is 15.9. The van der Waals surface area contributed by atoms with Gasteiger partial charge in [0.25, 0.3) is 0 Å². The first-order valence-electron chi connectivity index (χ1n) is 8.94. The van der Waals surface area contributed by atoms with Crippen LogP contribution in [0.2, 0.25) is 0 Å². The third kappa shape index (κ3) is 3.88. The molecule has 1 aliphatic rings. The molecule has 1 aliphatic heterocycles. The largest absolute Gasteiger partial charge is 0.497 e. The fourth-order valence-corrected chi connectivity index (χ4v) is 3.27. The zero-order valence-corrected chi connectivity index (χ0v) is 16.4. The molecule has 0 saturated carbocycles. The number of ether oxygens (including phenoxy) is 3. The number of hydrogen-bond acceptors (Lipinski definition) is 5. The quantitative estimate of drug-likeness (QED) is 0.828. The summed E-state index contributed by atoms with van der Waals surface area (Å²) in [5.41, 5.74) is 2.20. The van der Waals surface area contributed by atoms with Crippen molar-refractivity contribution in [3.05, 3.63) is 42.0 Å². The van der Waals surface area contributed by atoms with Crippen molar-refractivity contribution < 1.29 is 23.8 Å². The zero-order valence-electron chi connectivity index (χ0n) is 16.4. The van der Waals surface area contributed by atoms with Gasteiger partial charge in [0.1, 0.15) is 17.2 Å². The van der Waals surface area contributed by atoms with E-state index in [4.69, 9.17) is 14.2 Å². The lowest BCUT2D eigenvalue weighted by Gasteiger charge is -2.20. The summed E-state index contributed by atoms with van der Waals surface area (Å²) in [6.45, 7) is 2.24. The average Bonchev–Trinajstić information content (AvgIpc) is 3.09. The number of methoxy groups -OCH3 is 3. The Balaban J connectivity index is 1.79. The first-order valence-corrected chi connectivity index (χ1v) is 8.94. The molecule has 1 atom stereocenters. The molecule has 3 rings (SSSR count). The summed E-state index contributed by atoms with van der Waals surface area (Å²) >= 11 is 0. The lowest BCUT2D eigenvalue weighted by molar-refractivity contribution is -0.122. The number of carbonyl (C=O) groups excluding carboxylic acids is 2. The van der Waals surface area contributed by atoms with Gasteiger partial charge < -0.3 is 24.4 Å². The molecule has 0 aromatic heterocycles. The van der Waals surface area contributed by atoms with E-state index in [9.17, 15) is 9.59 Å². The fourth-order valence-electron chi connectivity index (χ4n) is 3.27. The second-order valence-corrected chi connectivity index (χ2v) is 6.64. The van der Waals surface area contributed by atoms with Crippen LogP contribution in [0.4, 0.5) is 11.4 Å². The Hall–Kier alpha value is -3.22. The number of aryl methyl sites for hydroxylation is 1. The number of hydrogen-bond donors (Lipinski definition) is 1. The van der Waals surface area contributed by atoms with Crippen molar-refractivity contribution in [2.75, 3.05) is 38.1 Å². The Bertz CT molecular complexity index is 896. The van der Waals surface area contributed by atoms with Crippen molar-refractivity contribution >= 4 is 23.2 Å². The van der Waals surface area contributed by atoms with E-state index in [1.165, 1.54) is 7.11 Å². The number of benzene rings is 2. The lowest BCUT2D eigenvalue weighted by Crippen LogP contribution is -2.28. The smallest absolute Gasteiger partial charge is 0.229 e. The van der Waals surface area contributed by atoms with Crippen LogP contribution in [0.3, 0.4) is 0 Å². The first-order chi connectivity index (χ1) is 13.5. The maximum Gasteiger partial charge on any atom is 0.229 e. The molecule has 2 aromatic carbocycles. The SMILES string of the molecule is COc1ccc(OC)c(NC(=O)[C@@H]2CC(=O)N(c3cc(C)ccc3OC)C2)c1. The van der Waals surface area contributed by atoms with Crippen molar-refractivity contribution in [1.82, 2.24) is 0 Å². The number of nitrogens with zero attached hydrogens (tertiary/aromatic N) is 1. The highest BCUT2D eigenvalue weighted by molar-refractivity contribution is 6.04. The van der Waals surface area contributed by atoms with Crippen LogP contribution in [-0.2, 0) is 9.59 Å². The second-order valence-electron chi connectivity index (χ2n) is 6.64. The third-order valence-electron chi connectivity index (χ3n) is 4.79. The number of anilines is 2. The van der Waals surface area contributed by atoms with Gasteiger partial charge in [0, 0.05) is 19.0 Å². The number of nitrogens with one attached hydrogen (secondary N) is 1. The molecule has 28 heavy (non-hydrogen) atoms. The molecular weight excluding hydrogens is 360 g/mol. The van der Waals surface area contributed by atoms with Crippen LogP contribution in [0.1, 0.15) is 12.0 Å². The monoisotopic (exact) mass is 384 g/mol. The predicted octanol–water partition coefficient (Wildman–Crippen LogP) is 3.01. The Morgan fingerprint density at radius 3 is 2.43 bits per heavy atom. The maximum absolute atomic E-state index is 12.8. The van der Waals surface area contributed by atoms with Gasteiger partial charge in [0.2, 0.25) is 11.8 Å². The molecule has 0 aliphatic carbocycles. The second kappa shape index (κ2) is 8.21. The molecule has 1 saturated heterocycles. The van der Waals surface area contributed by atoms with Crippen LogP contribution in [0, 0.1) is 12.8 Å². The molecule has 1 fully saturated rings. The van der Waals surface area contributed by atoms with E-state index in [0.29, 0.717) is 28.6 Å². The van der Waals surface area contributed by atoms with Crippen molar-refractivity contribution in [2.45, 2.75) is 13.3 Å². The molecular formula is C21H24N2O5. The highest BCUT2D eigenvalue weighted by atomic mass is 16.5. The van der Waals surface area contributed by atoms with E-state index < -0.39 is 5.92 Å². The van der Waals surface area contributed by atoms with Gasteiger partial charge in [-0.3, -0.25) is 9.59 Å². The predicted molar refractivity (Wildman–Crippen MR) is 106 cm³/mol. The molecule has 2 aromatic rings. The normalized spacial score (nSPS) is 16.1. The molecule has 0 radical (unpaired) electrons. The van der Waals surface area contributed by atoms with Crippen LogP contribution < -0.4 is 24.4 Å². The molecule has 0 bridgehead atoms. The van der Waals surface area contributed by atoms with E-state index in [1.54, 1.807) is 37.3 Å². The van der Waals surface area contributed by atoms with Crippen molar-refractivity contribution in [1.29, 1.82) is 0 Å². The molecule has 0 spiro atoms. The molecule has 7 heteroatoms. The average molecular weight is 384 g/mol. The topological polar surface area (TPSA) is 77.1 Å². The maximum atomic E-state index is 12.8.